The van der Waals surface area contributed by atoms with E-state index in [2.05, 4.69) is 0 Å². The number of carbonyl (C=O) groups is 1. The van der Waals surface area contributed by atoms with Crippen molar-refractivity contribution in [1.29, 1.82) is 0 Å². The van der Waals surface area contributed by atoms with Crippen LogP contribution < -0.4 is 9.47 Å². The molecule has 4 nitrogen and oxygen atoms in total. The average Bonchev–Trinajstić information content (AvgIpc) is 2.66. The minimum absolute atomic E-state index is 0.125. The molecule has 0 bridgehead atoms. The highest BCUT2D eigenvalue weighted by molar-refractivity contribution is 6.31. The van der Waals surface area contributed by atoms with E-state index in [1.54, 1.807) is 6.07 Å². The molecule has 0 radical (unpaired) electrons. The number of ether oxygens (including phenoxy) is 2. The lowest BCUT2D eigenvalue weighted by molar-refractivity contribution is -0.136. The molecule has 16 heavy (non-hydrogen) atoms. The topological polar surface area (TPSA) is 55.8 Å². The molecule has 86 valence electrons. The number of rotatable bonds is 3. The van der Waals surface area contributed by atoms with E-state index in [9.17, 15) is 4.79 Å². The summed E-state index contributed by atoms with van der Waals surface area (Å²) in [6.07, 6.45) is 0.609. The van der Waals surface area contributed by atoms with E-state index in [-0.39, 0.29) is 6.42 Å². The molecular formula is C11H11ClO4. The second-order valence-electron chi connectivity index (χ2n) is 3.53. The first-order valence-electron chi connectivity index (χ1n) is 4.86. The maximum absolute atomic E-state index is 10.7. The molecule has 2 rings (SSSR count). The molecule has 1 aliphatic heterocycles. The molecule has 1 aliphatic rings. The van der Waals surface area contributed by atoms with Crippen molar-refractivity contribution in [2.75, 3.05) is 13.7 Å². The molecule has 1 heterocycles. The summed E-state index contributed by atoms with van der Waals surface area (Å²) in [6, 6.07) is 1.64. The number of fused-ring (bicyclic) bond motifs is 1. The van der Waals surface area contributed by atoms with Crippen LogP contribution in [0.25, 0.3) is 0 Å². The Bertz CT molecular complexity index is 442. The Morgan fingerprint density at radius 3 is 3.06 bits per heavy atom. The molecule has 0 aliphatic carbocycles. The molecule has 0 saturated carbocycles. The first kappa shape index (κ1) is 11.1. The van der Waals surface area contributed by atoms with Crippen LogP contribution in [0.4, 0.5) is 0 Å². The molecular weight excluding hydrogens is 232 g/mol. The molecule has 0 fully saturated rings. The summed E-state index contributed by atoms with van der Waals surface area (Å²) in [5, 5.41) is 9.33. The predicted octanol–water partition coefficient (Wildman–Crippen LogP) is 1.91. The second-order valence-corrected chi connectivity index (χ2v) is 3.93. The Morgan fingerprint density at radius 2 is 2.44 bits per heavy atom. The molecule has 1 aromatic rings. The Hall–Kier alpha value is -1.42. The van der Waals surface area contributed by atoms with Crippen LogP contribution in [0.1, 0.15) is 11.1 Å². The van der Waals surface area contributed by atoms with Crippen molar-refractivity contribution >= 4 is 17.6 Å². The van der Waals surface area contributed by atoms with Crippen LogP contribution in [0.2, 0.25) is 5.02 Å². The first-order chi connectivity index (χ1) is 7.63. The fourth-order valence-corrected chi connectivity index (χ4v) is 2.17. The van der Waals surface area contributed by atoms with Crippen molar-refractivity contribution in [3.05, 3.63) is 22.2 Å². The zero-order valence-corrected chi connectivity index (χ0v) is 9.50. The molecule has 0 atom stereocenters. The van der Waals surface area contributed by atoms with E-state index in [0.29, 0.717) is 28.7 Å². The van der Waals surface area contributed by atoms with Gasteiger partial charge in [0, 0.05) is 22.6 Å². The molecule has 0 spiro atoms. The molecule has 0 saturated heterocycles. The lowest BCUT2D eigenvalue weighted by atomic mass is 10.1. The number of methoxy groups -OCH3 is 1. The summed E-state index contributed by atoms with van der Waals surface area (Å²) in [5.41, 5.74) is 1.44. The van der Waals surface area contributed by atoms with Crippen molar-refractivity contribution in [3.8, 4) is 11.5 Å². The largest absolute Gasteiger partial charge is 0.493 e. The van der Waals surface area contributed by atoms with Gasteiger partial charge in [-0.05, 0) is 6.07 Å². The van der Waals surface area contributed by atoms with Crippen LogP contribution in [0.15, 0.2) is 6.07 Å². The smallest absolute Gasteiger partial charge is 0.307 e. The second kappa shape index (κ2) is 4.22. The van der Waals surface area contributed by atoms with E-state index in [1.165, 1.54) is 7.11 Å². The maximum atomic E-state index is 10.7. The van der Waals surface area contributed by atoms with E-state index in [4.69, 9.17) is 26.2 Å². The van der Waals surface area contributed by atoms with E-state index in [0.717, 1.165) is 12.0 Å². The van der Waals surface area contributed by atoms with Gasteiger partial charge in [0.2, 0.25) is 0 Å². The molecule has 0 amide bonds. The van der Waals surface area contributed by atoms with Gasteiger partial charge in [0.15, 0.2) is 11.5 Å². The highest BCUT2D eigenvalue weighted by Gasteiger charge is 2.24. The Morgan fingerprint density at radius 1 is 1.69 bits per heavy atom. The fourth-order valence-electron chi connectivity index (χ4n) is 1.86. The third kappa shape index (κ3) is 1.80. The minimum atomic E-state index is -0.924. The fraction of sp³-hybridized carbons (Fsp3) is 0.364. The third-order valence-electron chi connectivity index (χ3n) is 2.51. The van der Waals surface area contributed by atoms with Crippen molar-refractivity contribution in [2.24, 2.45) is 0 Å². The molecule has 1 N–H and O–H groups in total. The number of carboxylic acids is 1. The van der Waals surface area contributed by atoms with Gasteiger partial charge in [-0.25, -0.2) is 0 Å². The standard InChI is InChI=1S/C11H11ClO4/c1-15-10-6(5-9(13)14)4-8(12)7-2-3-16-11(7)10/h4H,2-3,5H2,1H3,(H,13,14). The summed E-state index contributed by atoms with van der Waals surface area (Å²) in [5.74, 6) is 0.151. The van der Waals surface area contributed by atoms with Gasteiger partial charge >= 0.3 is 5.97 Å². The van der Waals surface area contributed by atoms with Gasteiger partial charge in [0.25, 0.3) is 0 Å². The van der Waals surface area contributed by atoms with Crippen molar-refractivity contribution < 1.29 is 19.4 Å². The number of aliphatic carboxylic acids is 1. The van der Waals surface area contributed by atoms with Crippen LogP contribution in [0.3, 0.4) is 0 Å². The van der Waals surface area contributed by atoms with Crippen LogP contribution in [-0.4, -0.2) is 24.8 Å². The summed E-state index contributed by atoms with van der Waals surface area (Å²) in [7, 11) is 1.50. The molecule has 0 aromatic heterocycles. The van der Waals surface area contributed by atoms with Gasteiger partial charge in [0.05, 0.1) is 20.1 Å². The van der Waals surface area contributed by atoms with E-state index in [1.807, 2.05) is 0 Å². The Kier molecular flexibility index (Phi) is 2.92. The molecule has 0 unspecified atom stereocenters. The van der Waals surface area contributed by atoms with Crippen LogP contribution in [0, 0.1) is 0 Å². The van der Waals surface area contributed by atoms with Gasteiger partial charge < -0.3 is 14.6 Å². The SMILES string of the molecule is COc1c(CC(=O)O)cc(Cl)c2c1OCC2. The highest BCUT2D eigenvalue weighted by atomic mass is 35.5. The summed E-state index contributed by atoms with van der Waals surface area (Å²) in [4.78, 5) is 10.7. The molecule has 1 aromatic carbocycles. The van der Waals surface area contributed by atoms with Crippen molar-refractivity contribution in [1.82, 2.24) is 0 Å². The Balaban J connectivity index is 2.53. The predicted molar refractivity (Wildman–Crippen MR) is 58.5 cm³/mol. The Labute approximate surface area is 97.7 Å². The van der Waals surface area contributed by atoms with Gasteiger partial charge in [-0.15, -0.1) is 0 Å². The van der Waals surface area contributed by atoms with Crippen LogP contribution in [0.5, 0.6) is 11.5 Å². The van der Waals surface area contributed by atoms with E-state index >= 15 is 0 Å². The zero-order chi connectivity index (χ0) is 11.7. The summed E-state index contributed by atoms with van der Waals surface area (Å²) >= 11 is 6.06. The van der Waals surface area contributed by atoms with Gasteiger partial charge in [-0.2, -0.15) is 0 Å². The minimum Gasteiger partial charge on any atom is -0.493 e. The lowest BCUT2D eigenvalue weighted by Gasteiger charge is -2.12. The van der Waals surface area contributed by atoms with Gasteiger partial charge in [-0.1, -0.05) is 11.6 Å². The quantitative estimate of drug-likeness (QED) is 0.880. The van der Waals surface area contributed by atoms with Crippen molar-refractivity contribution in [2.45, 2.75) is 12.8 Å². The van der Waals surface area contributed by atoms with Gasteiger partial charge in [-0.3, -0.25) is 4.79 Å². The molecule has 5 heteroatoms. The van der Waals surface area contributed by atoms with Crippen LogP contribution >= 0.6 is 11.6 Å². The number of halogens is 1. The number of hydrogen-bond donors (Lipinski definition) is 1. The number of hydrogen-bond acceptors (Lipinski definition) is 3. The van der Waals surface area contributed by atoms with E-state index < -0.39 is 5.97 Å². The maximum Gasteiger partial charge on any atom is 0.307 e. The summed E-state index contributed by atoms with van der Waals surface area (Å²) < 4.78 is 10.6. The van der Waals surface area contributed by atoms with Crippen molar-refractivity contribution in [3.63, 3.8) is 0 Å². The monoisotopic (exact) mass is 242 g/mol. The lowest BCUT2D eigenvalue weighted by Crippen LogP contribution is -2.03. The highest BCUT2D eigenvalue weighted by Crippen LogP contribution is 2.42. The zero-order valence-electron chi connectivity index (χ0n) is 8.75. The summed E-state index contributed by atoms with van der Waals surface area (Å²) in [6.45, 7) is 0.557. The van der Waals surface area contributed by atoms with Crippen LogP contribution in [-0.2, 0) is 17.6 Å². The normalized spacial score (nSPS) is 13.1. The van der Waals surface area contributed by atoms with Gasteiger partial charge in [0.1, 0.15) is 0 Å². The first-order valence-corrected chi connectivity index (χ1v) is 5.24. The third-order valence-corrected chi connectivity index (χ3v) is 2.84. The number of benzene rings is 1. The number of carboxylic acid groups (broad SMARTS) is 1. The average molecular weight is 243 g/mol.